The summed E-state index contributed by atoms with van der Waals surface area (Å²) in [5.41, 5.74) is 1.13. The number of aromatic nitrogens is 2. The van der Waals surface area contributed by atoms with Crippen molar-refractivity contribution in [3.63, 3.8) is 0 Å². The van der Waals surface area contributed by atoms with Gasteiger partial charge in [0.1, 0.15) is 6.61 Å². The van der Waals surface area contributed by atoms with Gasteiger partial charge in [-0.15, -0.1) is 0 Å². The molecule has 1 N–H and O–H groups in total. The molecule has 1 unspecified atom stereocenters. The van der Waals surface area contributed by atoms with E-state index in [1.807, 2.05) is 26.4 Å². The van der Waals surface area contributed by atoms with Gasteiger partial charge in [-0.05, 0) is 31.4 Å². The SMILES string of the molecule is CCNC(CCOCC(F)(F)F)CCc1cnn(C)c1. The summed E-state index contributed by atoms with van der Waals surface area (Å²) in [6.45, 7) is 1.71. The minimum Gasteiger partial charge on any atom is -0.372 e. The molecular formula is C13H22F3N3O. The summed E-state index contributed by atoms with van der Waals surface area (Å²) in [5.74, 6) is 0. The van der Waals surface area contributed by atoms with E-state index < -0.39 is 12.8 Å². The Labute approximate surface area is 117 Å². The molecule has 1 rings (SSSR count). The first kappa shape index (κ1) is 17.0. The maximum Gasteiger partial charge on any atom is 0.411 e. The standard InChI is InChI=1S/C13H22F3N3O/c1-3-17-12(6-7-20-10-13(14,15)16)5-4-11-8-18-19(2)9-11/h8-9,12,17H,3-7,10H2,1-2H3. The highest BCUT2D eigenvalue weighted by Gasteiger charge is 2.27. The maximum atomic E-state index is 11.9. The average Bonchev–Trinajstić information content (AvgIpc) is 2.76. The van der Waals surface area contributed by atoms with Gasteiger partial charge in [-0.25, -0.2) is 0 Å². The van der Waals surface area contributed by atoms with Crippen molar-refractivity contribution in [1.82, 2.24) is 15.1 Å². The van der Waals surface area contributed by atoms with E-state index in [1.54, 1.807) is 4.68 Å². The third kappa shape index (κ3) is 7.49. The number of halogens is 3. The number of aryl methyl sites for hydroxylation is 2. The molecule has 7 heteroatoms. The lowest BCUT2D eigenvalue weighted by Crippen LogP contribution is -2.31. The number of nitrogens with zero attached hydrogens (tertiary/aromatic N) is 2. The summed E-state index contributed by atoms with van der Waals surface area (Å²) >= 11 is 0. The zero-order chi connectivity index (χ0) is 15.0. The second-order valence-corrected chi connectivity index (χ2v) is 4.77. The van der Waals surface area contributed by atoms with E-state index in [2.05, 4.69) is 15.2 Å². The summed E-state index contributed by atoms with van der Waals surface area (Å²) < 4.78 is 42.2. The predicted molar refractivity (Wildman–Crippen MR) is 70.5 cm³/mol. The van der Waals surface area contributed by atoms with Crippen molar-refractivity contribution < 1.29 is 17.9 Å². The molecule has 0 amide bonds. The van der Waals surface area contributed by atoms with Crippen LogP contribution in [0.3, 0.4) is 0 Å². The first-order chi connectivity index (χ1) is 9.40. The second kappa shape index (κ2) is 8.26. The van der Waals surface area contributed by atoms with Crippen molar-refractivity contribution in [3.8, 4) is 0 Å². The van der Waals surface area contributed by atoms with Crippen LogP contribution in [0.2, 0.25) is 0 Å². The molecule has 116 valence electrons. The molecule has 1 atom stereocenters. The molecule has 0 saturated heterocycles. The Morgan fingerprint density at radius 2 is 2.15 bits per heavy atom. The van der Waals surface area contributed by atoms with Crippen molar-refractivity contribution in [1.29, 1.82) is 0 Å². The molecule has 0 saturated carbocycles. The van der Waals surface area contributed by atoms with Crippen LogP contribution in [0.4, 0.5) is 13.2 Å². The summed E-state index contributed by atoms with van der Waals surface area (Å²) in [7, 11) is 1.86. The Hall–Kier alpha value is -1.08. The fraction of sp³-hybridized carbons (Fsp3) is 0.769. The lowest BCUT2D eigenvalue weighted by Gasteiger charge is -2.17. The van der Waals surface area contributed by atoms with Gasteiger partial charge in [0.2, 0.25) is 0 Å². The molecule has 1 aromatic heterocycles. The molecule has 0 spiro atoms. The summed E-state index contributed by atoms with van der Waals surface area (Å²) in [6.07, 6.45) is 1.79. The monoisotopic (exact) mass is 293 g/mol. The molecular weight excluding hydrogens is 271 g/mol. The van der Waals surface area contributed by atoms with E-state index in [-0.39, 0.29) is 12.6 Å². The average molecular weight is 293 g/mol. The van der Waals surface area contributed by atoms with E-state index in [1.165, 1.54) is 0 Å². The minimum atomic E-state index is -4.25. The number of hydrogen-bond acceptors (Lipinski definition) is 3. The van der Waals surface area contributed by atoms with E-state index in [4.69, 9.17) is 0 Å². The first-order valence-electron chi connectivity index (χ1n) is 6.76. The van der Waals surface area contributed by atoms with Crippen LogP contribution in [-0.2, 0) is 18.2 Å². The molecule has 4 nitrogen and oxygen atoms in total. The normalized spacial score (nSPS) is 13.7. The Bertz CT molecular complexity index is 379. The molecule has 1 heterocycles. The third-order valence-electron chi connectivity index (χ3n) is 2.91. The van der Waals surface area contributed by atoms with Gasteiger partial charge in [0.25, 0.3) is 0 Å². The quantitative estimate of drug-likeness (QED) is 0.710. The predicted octanol–water partition coefficient (Wildman–Crippen LogP) is 2.30. The Balaban J connectivity index is 2.25. The number of alkyl halides is 3. The van der Waals surface area contributed by atoms with Gasteiger partial charge in [0.15, 0.2) is 0 Å². The van der Waals surface area contributed by atoms with Crippen LogP contribution in [0.15, 0.2) is 12.4 Å². The molecule has 1 aromatic rings. The second-order valence-electron chi connectivity index (χ2n) is 4.77. The first-order valence-corrected chi connectivity index (χ1v) is 6.76. The third-order valence-corrected chi connectivity index (χ3v) is 2.91. The summed E-state index contributed by atoms with van der Waals surface area (Å²) in [5, 5.41) is 7.36. The van der Waals surface area contributed by atoms with Gasteiger partial charge < -0.3 is 10.1 Å². The molecule has 0 aliphatic rings. The van der Waals surface area contributed by atoms with Crippen molar-refractivity contribution in [2.24, 2.45) is 7.05 Å². The van der Waals surface area contributed by atoms with Crippen LogP contribution in [0.25, 0.3) is 0 Å². The van der Waals surface area contributed by atoms with E-state index in [0.29, 0.717) is 6.42 Å². The lowest BCUT2D eigenvalue weighted by atomic mass is 10.1. The highest BCUT2D eigenvalue weighted by Crippen LogP contribution is 2.15. The Morgan fingerprint density at radius 3 is 2.70 bits per heavy atom. The number of nitrogens with one attached hydrogen (secondary N) is 1. The highest BCUT2D eigenvalue weighted by atomic mass is 19.4. The van der Waals surface area contributed by atoms with Gasteiger partial charge in [0, 0.05) is 25.9 Å². The lowest BCUT2D eigenvalue weighted by molar-refractivity contribution is -0.174. The van der Waals surface area contributed by atoms with E-state index >= 15 is 0 Å². The van der Waals surface area contributed by atoms with Crippen molar-refractivity contribution in [3.05, 3.63) is 18.0 Å². The smallest absolute Gasteiger partial charge is 0.372 e. The van der Waals surface area contributed by atoms with Crippen molar-refractivity contribution in [2.45, 2.75) is 38.4 Å². The fourth-order valence-corrected chi connectivity index (χ4v) is 1.99. The van der Waals surface area contributed by atoms with Crippen molar-refractivity contribution >= 4 is 0 Å². The van der Waals surface area contributed by atoms with Gasteiger partial charge in [-0.3, -0.25) is 4.68 Å². The molecule has 0 radical (unpaired) electrons. The number of hydrogen-bond donors (Lipinski definition) is 1. The molecule has 0 bridgehead atoms. The van der Waals surface area contributed by atoms with E-state index in [9.17, 15) is 13.2 Å². The number of rotatable bonds is 9. The van der Waals surface area contributed by atoms with Crippen LogP contribution >= 0.6 is 0 Å². The zero-order valence-electron chi connectivity index (χ0n) is 11.9. The van der Waals surface area contributed by atoms with E-state index in [0.717, 1.165) is 24.9 Å². The summed E-state index contributed by atoms with van der Waals surface area (Å²) in [4.78, 5) is 0. The summed E-state index contributed by atoms with van der Waals surface area (Å²) in [6, 6.07) is 0.161. The largest absolute Gasteiger partial charge is 0.411 e. The zero-order valence-corrected chi connectivity index (χ0v) is 11.9. The molecule has 0 fully saturated rings. The van der Waals surface area contributed by atoms with Crippen LogP contribution in [0, 0.1) is 0 Å². The van der Waals surface area contributed by atoms with Gasteiger partial charge in [-0.2, -0.15) is 18.3 Å². The molecule has 0 aliphatic carbocycles. The minimum absolute atomic E-state index is 0.115. The molecule has 0 aromatic carbocycles. The topological polar surface area (TPSA) is 39.1 Å². The number of ether oxygens (including phenoxy) is 1. The fourth-order valence-electron chi connectivity index (χ4n) is 1.99. The van der Waals surface area contributed by atoms with Gasteiger partial charge >= 0.3 is 6.18 Å². The van der Waals surface area contributed by atoms with Crippen LogP contribution < -0.4 is 5.32 Å². The van der Waals surface area contributed by atoms with Crippen LogP contribution in [0.1, 0.15) is 25.3 Å². The maximum absolute atomic E-state index is 11.9. The Kier molecular flexibility index (Phi) is 7.01. The van der Waals surface area contributed by atoms with Gasteiger partial charge in [-0.1, -0.05) is 6.92 Å². The molecule has 20 heavy (non-hydrogen) atoms. The van der Waals surface area contributed by atoms with Gasteiger partial charge in [0.05, 0.1) is 6.20 Å². The van der Waals surface area contributed by atoms with Crippen LogP contribution in [-0.4, -0.2) is 41.8 Å². The molecule has 0 aliphatic heterocycles. The highest BCUT2D eigenvalue weighted by molar-refractivity contribution is 5.03. The van der Waals surface area contributed by atoms with Crippen LogP contribution in [0.5, 0.6) is 0 Å². The van der Waals surface area contributed by atoms with Crippen molar-refractivity contribution in [2.75, 3.05) is 19.8 Å². The Morgan fingerprint density at radius 1 is 1.40 bits per heavy atom.